The summed E-state index contributed by atoms with van der Waals surface area (Å²) in [6.07, 6.45) is 0. The number of rotatable bonds is 2. The van der Waals surface area contributed by atoms with Crippen molar-refractivity contribution in [3.63, 3.8) is 0 Å². The largest absolute Gasteiger partial charge is 0.481 e. The van der Waals surface area contributed by atoms with E-state index in [0.717, 1.165) is 0 Å². The zero-order valence-electron chi connectivity index (χ0n) is 9.36. The maximum absolute atomic E-state index is 13.7. The molecule has 1 aromatic rings. The van der Waals surface area contributed by atoms with Gasteiger partial charge in [0.25, 0.3) is 0 Å². The van der Waals surface area contributed by atoms with Crippen molar-refractivity contribution in [1.29, 1.82) is 0 Å². The van der Waals surface area contributed by atoms with Crippen LogP contribution in [0.4, 0.5) is 4.39 Å². The molecule has 1 saturated heterocycles. The lowest BCUT2D eigenvalue weighted by Crippen LogP contribution is -2.21. The van der Waals surface area contributed by atoms with E-state index in [0.29, 0.717) is 23.7 Å². The van der Waals surface area contributed by atoms with E-state index in [-0.39, 0.29) is 11.7 Å². The molecule has 0 aliphatic carbocycles. The first-order valence-electron chi connectivity index (χ1n) is 5.35. The van der Waals surface area contributed by atoms with Crippen LogP contribution in [-0.2, 0) is 4.79 Å². The number of carbonyl (C=O) groups is 1. The summed E-state index contributed by atoms with van der Waals surface area (Å²) < 4.78 is 13.7. The van der Waals surface area contributed by atoms with Gasteiger partial charge in [0, 0.05) is 24.0 Å². The molecule has 92 valence electrons. The van der Waals surface area contributed by atoms with Crippen LogP contribution in [-0.4, -0.2) is 36.1 Å². The topological polar surface area (TPSA) is 40.5 Å². The van der Waals surface area contributed by atoms with Crippen molar-refractivity contribution in [2.75, 3.05) is 20.1 Å². The Hall–Kier alpha value is -1.13. The molecule has 17 heavy (non-hydrogen) atoms. The molecule has 2 unspecified atom stereocenters. The summed E-state index contributed by atoms with van der Waals surface area (Å²) in [4.78, 5) is 13.0. The minimum atomic E-state index is -0.890. The van der Waals surface area contributed by atoms with Crippen molar-refractivity contribution < 1.29 is 14.3 Å². The first-order chi connectivity index (χ1) is 7.99. The van der Waals surface area contributed by atoms with Crippen molar-refractivity contribution in [2.45, 2.75) is 5.92 Å². The molecule has 1 heterocycles. The van der Waals surface area contributed by atoms with E-state index in [9.17, 15) is 9.18 Å². The van der Waals surface area contributed by atoms with E-state index in [1.807, 2.05) is 11.9 Å². The normalized spacial score (nSPS) is 25.1. The molecule has 0 amide bonds. The first-order valence-corrected chi connectivity index (χ1v) is 5.73. The second-order valence-electron chi connectivity index (χ2n) is 4.44. The molecular weight excluding hydrogens is 245 g/mol. The molecule has 1 N–H and O–H groups in total. The van der Waals surface area contributed by atoms with Gasteiger partial charge in [-0.2, -0.15) is 0 Å². The number of likely N-dealkylation sites (N-methyl/N-ethyl adjacent to an activating group) is 1. The molecular formula is C12H13ClFNO2. The number of benzene rings is 1. The van der Waals surface area contributed by atoms with Crippen molar-refractivity contribution >= 4 is 17.6 Å². The van der Waals surface area contributed by atoms with Gasteiger partial charge in [-0.05, 0) is 30.8 Å². The third kappa shape index (κ3) is 2.42. The number of carboxylic acids is 1. The average molecular weight is 258 g/mol. The number of hydrogen-bond acceptors (Lipinski definition) is 2. The van der Waals surface area contributed by atoms with Crippen LogP contribution in [0.5, 0.6) is 0 Å². The Morgan fingerprint density at radius 3 is 2.88 bits per heavy atom. The van der Waals surface area contributed by atoms with Gasteiger partial charge in [-0.1, -0.05) is 11.6 Å². The number of halogens is 2. The molecule has 0 bridgehead atoms. The fourth-order valence-corrected chi connectivity index (χ4v) is 2.55. The van der Waals surface area contributed by atoms with Gasteiger partial charge in [-0.3, -0.25) is 4.79 Å². The molecule has 3 nitrogen and oxygen atoms in total. The predicted octanol–water partition coefficient (Wildman–Crippen LogP) is 2.21. The molecule has 0 spiro atoms. The molecule has 1 fully saturated rings. The molecule has 0 aromatic heterocycles. The summed E-state index contributed by atoms with van der Waals surface area (Å²) in [7, 11) is 1.83. The Bertz CT molecular complexity index is 452. The highest BCUT2D eigenvalue weighted by molar-refractivity contribution is 6.30. The van der Waals surface area contributed by atoms with Crippen LogP contribution in [0.25, 0.3) is 0 Å². The smallest absolute Gasteiger partial charge is 0.308 e. The summed E-state index contributed by atoms with van der Waals surface area (Å²) in [6, 6.07) is 4.28. The zero-order valence-corrected chi connectivity index (χ0v) is 10.1. The fraction of sp³-hybridized carbons (Fsp3) is 0.417. The van der Waals surface area contributed by atoms with E-state index in [1.165, 1.54) is 18.2 Å². The van der Waals surface area contributed by atoms with E-state index < -0.39 is 11.9 Å². The molecule has 2 atom stereocenters. The van der Waals surface area contributed by atoms with Gasteiger partial charge in [0.15, 0.2) is 0 Å². The highest BCUT2D eigenvalue weighted by Crippen LogP contribution is 2.34. The summed E-state index contributed by atoms with van der Waals surface area (Å²) in [5, 5.41) is 9.57. The molecule has 5 heteroatoms. The number of carboxylic acid groups (broad SMARTS) is 1. The lowest BCUT2D eigenvalue weighted by atomic mass is 9.89. The Morgan fingerprint density at radius 2 is 2.24 bits per heavy atom. The van der Waals surface area contributed by atoms with Crippen LogP contribution in [0.15, 0.2) is 18.2 Å². The molecule has 1 aliphatic heterocycles. The quantitative estimate of drug-likeness (QED) is 0.883. The molecule has 1 aromatic carbocycles. The third-order valence-electron chi connectivity index (χ3n) is 3.18. The Balaban J connectivity index is 2.37. The van der Waals surface area contributed by atoms with Crippen molar-refractivity contribution in [3.8, 4) is 0 Å². The summed E-state index contributed by atoms with van der Waals surface area (Å²) in [5.74, 6) is -2.19. The SMILES string of the molecule is CN1CC(C(=O)O)C(c2cc(Cl)ccc2F)C1. The van der Waals surface area contributed by atoms with E-state index >= 15 is 0 Å². The van der Waals surface area contributed by atoms with Gasteiger partial charge in [0.1, 0.15) is 5.82 Å². The fourth-order valence-electron chi connectivity index (χ4n) is 2.36. The van der Waals surface area contributed by atoms with Crippen molar-refractivity contribution in [3.05, 3.63) is 34.6 Å². The maximum Gasteiger partial charge on any atom is 0.308 e. The zero-order chi connectivity index (χ0) is 12.6. The molecule has 2 rings (SSSR count). The number of hydrogen-bond donors (Lipinski definition) is 1. The number of aliphatic carboxylic acids is 1. The monoisotopic (exact) mass is 257 g/mol. The van der Waals surface area contributed by atoms with Crippen LogP contribution in [0.2, 0.25) is 5.02 Å². The average Bonchev–Trinajstić information content (AvgIpc) is 2.64. The highest BCUT2D eigenvalue weighted by Gasteiger charge is 2.38. The Kier molecular flexibility index (Phi) is 3.35. The van der Waals surface area contributed by atoms with Gasteiger partial charge in [-0.25, -0.2) is 4.39 Å². The maximum atomic E-state index is 13.7. The standard InChI is InChI=1S/C12H13ClFNO2/c1-15-5-9(10(6-15)12(16)17)8-4-7(13)2-3-11(8)14/h2-4,9-10H,5-6H2,1H3,(H,16,17). The summed E-state index contributed by atoms with van der Waals surface area (Å²) >= 11 is 5.83. The van der Waals surface area contributed by atoms with Crippen LogP contribution in [0, 0.1) is 11.7 Å². The van der Waals surface area contributed by atoms with Crippen LogP contribution >= 0.6 is 11.6 Å². The van der Waals surface area contributed by atoms with Crippen molar-refractivity contribution in [1.82, 2.24) is 4.90 Å². The Labute approximate surface area is 104 Å². The molecule has 0 radical (unpaired) electrons. The second kappa shape index (κ2) is 4.63. The minimum absolute atomic E-state index is 0.337. The number of likely N-dealkylation sites (tertiary alicyclic amines) is 1. The van der Waals surface area contributed by atoms with Crippen molar-refractivity contribution in [2.24, 2.45) is 5.92 Å². The lowest BCUT2D eigenvalue weighted by molar-refractivity contribution is -0.141. The minimum Gasteiger partial charge on any atom is -0.481 e. The summed E-state index contributed by atoms with van der Waals surface area (Å²) in [5.41, 5.74) is 0.397. The van der Waals surface area contributed by atoms with E-state index in [2.05, 4.69) is 0 Å². The van der Waals surface area contributed by atoms with Gasteiger partial charge >= 0.3 is 5.97 Å². The van der Waals surface area contributed by atoms with Crippen LogP contribution in [0.3, 0.4) is 0 Å². The lowest BCUT2D eigenvalue weighted by Gasteiger charge is -2.16. The van der Waals surface area contributed by atoms with Gasteiger partial charge in [0.05, 0.1) is 5.92 Å². The third-order valence-corrected chi connectivity index (χ3v) is 3.41. The highest BCUT2D eigenvalue weighted by atomic mass is 35.5. The van der Waals surface area contributed by atoms with E-state index in [1.54, 1.807) is 0 Å². The molecule has 1 aliphatic rings. The first kappa shape index (κ1) is 12.3. The van der Waals surface area contributed by atoms with Gasteiger partial charge in [-0.15, -0.1) is 0 Å². The Morgan fingerprint density at radius 1 is 1.53 bits per heavy atom. The second-order valence-corrected chi connectivity index (χ2v) is 4.87. The molecule has 0 saturated carbocycles. The predicted molar refractivity (Wildman–Crippen MR) is 62.8 cm³/mol. The number of nitrogens with zero attached hydrogens (tertiary/aromatic N) is 1. The van der Waals surface area contributed by atoms with Crippen LogP contribution < -0.4 is 0 Å². The van der Waals surface area contributed by atoms with Gasteiger partial charge in [0.2, 0.25) is 0 Å². The van der Waals surface area contributed by atoms with Crippen LogP contribution in [0.1, 0.15) is 11.5 Å². The van der Waals surface area contributed by atoms with E-state index in [4.69, 9.17) is 16.7 Å². The van der Waals surface area contributed by atoms with Gasteiger partial charge < -0.3 is 10.0 Å². The summed E-state index contributed by atoms with van der Waals surface area (Å²) in [6.45, 7) is 0.972.